The predicted octanol–water partition coefficient (Wildman–Crippen LogP) is 4.29. The Bertz CT molecular complexity index is 1020. The summed E-state index contributed by atoms with van der Waals surface area (Å²) in [6.07, 6.45) is 4.14. The summed E-state index contributed by atoms with van der Waals surface area (Å²) in [5, 5.41) is 21.7. The summed E-state index contributed by atoms with van der Waals surface area (Å²) >= 11 is 0. The molecule has 3 rings (SSSR count). The Labute approximate surface area is 190 Å². The molecule has 0 amide bonds. The van der Waals surface area contributed by atoms with Crippen molar-refractivity contribution in [3.05, 3.63) is 82.9 Å². The van der Waals surface area contributed by atoms with Crippen LogP contribution in [-0.2, 0) is 6.54 Å². The van der Waals surface area contributed by atoms with Crippen LogP contribution < -0.4 is 14.8 Å². The number of aliphatic hydroxyl groups excluding tert-OH is 2. The van der Waals surface area contributed by atoms with Crippen molar-refractivity contribution in [2.75, 3.05) is 27.4 Å². The van der Waals surface area contributed by atoms with E-state index in [9.17, 15) is 10.2 Å². The van der Waals surface area contributed by atoms with Gasteiger partial charge in [0.1, 0.15) is 11.5 Å². The van der Waals surface area contributed by atoms with Gasteiger partial charge in [-0.1, -0.05) is 60.7 Å². The molecule has 0 bridgehead atoms. The van der Waals surface area contributed by atoms with Crippen LogP contribution in [0.4, 0.5) is 0 Å². The molecular weight excluding hydrogens is 402 g/mol. The molecule has 0 saturated carbocycles. The Morgan fingerprint density at radius 2 is 1.53 bits per heavy atom. The topological polar surface area (TPSA) is 71.0 Å². The maximum atomic E-state index is 9.30. The van der Waals surface area contributed by atoms with E-state index >= 15 is 0 Å². The molecule has 0 unspecified atom stereocenters. The van der Waals surface area contributed by atoms with Crippen molar-refractivity contribution in [1.29, 1.82) is 0 Å². The summed E-state index contributed by atoms with van der Waals surface area (Å²) in [4.78, 5) is 0. The van der Waals surface area contributed by atoms with Gasteiger partial charge < -0.3 is 25.0 Å². The summed E-state index contributed by atoms with van der Waals surface area (Å²) in [6, 6.07) is 20.2. The maximum Gasteiger partial charge on any atom is 0.127 e. The SMILES string of the molecule is COc1cc(C=Cc2cccc(-c3ccccc3)c2C)cc(OC)c1CNC(CO)CO. The Balaban J connectivity index is 1.89. The monoisotopic (exact) mass is 433 g/mol. The molecule has 3 aromatic rings. The summed E-state index contributed by atoms with van der Waals surface area (Å²) in [6.45, 7) is 2.24. The highest BCUT2D eigenvalue weighted by Crippen LogP contribution is 2.32. The lowest BCUT2D eigenvalue weighted by Crippen LogP contribution is -2.35. The third-order valence-corrected chi connectivity index (χ3v) is 5.55. The number of ether oxygens (including phenoxy) is 2. The van der Waals surface area contributed by atoms with Crippen LogP contribution >= 0.6 is 0 Å². The highest BCUT2D eigenvalue weighted by molar-refractivity contribution is 5.78. The van der Waals surface area contributed by atoms with Crippen LogP contribution in [0, 0.1) is 6.92 Å². The lowest BCUT2D eigenvalue weighted by molar-refractivity contribution is 0.169. The van der Waals surface area contributed by atoms with E-state index < -0.39 is 6.04 Å². The first-order chi connectivity index (χ1) is 15.6. The molecule has 5 heteroatoms. The fourth-order valence-electron chi connectivity index (χ4n) is 3.66. The van der Waals surface area contributed by atoms with E-state index in [0.717, 1.165) is 16.7 Å². The molecule has 0 spiro atoms. The Morgan fingerprint density at radius 3 is 2.12 bits per heavy atom. The maximum absolute atomic E-state index is 9.30. The molecule has 0 aliphatic rings. The zero-order chi connectivity index (χ0) is 22.9. The van der Waals surface area contributed by atoms with Gasteiger partial charge in [0, 0.05) is 12.1 Å². The van der Waals surface area contributed by atoms with Gasteiger partial charge in [-0.25, -0.2) is 0 Å². The van der Waals surface area contributed by atoms with Gasteiger partial charge in [-0.2, -0.15) is 0 Å². The molecule has 0 heterocycles. The van der Waals surface area contributed by atoms with Gasteiger partial charge in [0.2, 0.25) is 0 Å². The summed E-state index contributed by atoms with van der Waals surface area (Å²) in [5.41, 5.74) is 6.56. The first-order valence-electron chi connectivity index (χ1n) is 10.6. The largest absolute Gasteiger partial charge is 0.496 e. The number of rotatable bonds is 10. The van der Waals surface area contributed by atoms with Gasteiger partial charge in [-0.05, 0) is 46.9 Å². The van der Waals surface area contributed by atoms with E-state index in [1.54, 1.807) is 14.2 Å². The van der Waals surface area contributed by atoms with E-state index in [2.05, 4.69) is 60.8 Å². The van der Waals surface area contributed by atoms with Crippen LogP contribution in [0.2, 0.25) is 0 Å². The molecule has 3 aromatic carbocycles. The summed E-state index contributed by atoms with van der Waals surface area (Å²) in [5.74, 6) is 1.36. The Hall–Kier alpha value is -3.12. The minimum absolute atomic E-state index is 0.149. The van der Waals surface area contributed by atoms with Crippen LogP contribution in [0.5, 0.6) is 11.5 Å². The molecule has 3 N–H and O–H groups in total. The van der Waals surface area contributed by atoms with Crippen molar-refractivity contribution in [2.45, 2.75) is 19.5 Å². The van der Waals surface area contributed by atoms with E-state index in [1.165, 1.54) is 16.7 Å². The number of aliphatic hydroxyl groups is 2. The van der Waals surface area contributed by atoms with Crippen LogP contribution in [0.25, 0.3) is 23.3 Å². The van der Waals surface area contributed by atoms with E-state index in [0.29, 0.717) is 18.0 Å². The fraction of sp³-hybridized carbons (Fsp3) is 0.259. The second-order valence-corrected chi connectivity index (χ2v) is 7.57. The van der Waals surface area contributed by atoms with Crippen molar-refractivity contribution < 1.29 is 19.7 Å². The highest BCUT2D eigenvalue weighted by atomic mass is 16.5. The average Bonchev–Trinajstić information content (AvgIpc) is 2.84. The lowest BCUT2D eigenvalue weighted by atomic mass is 9.96. The number of hydrogen-bond donors (Lipinski definition) is 3. The molecule has 0 aliphatic carbocycles. The van der Waals surface area contributed by atoms with Gasteiger partial charge in [0.05, 0.1) is 33.5 Å². The van der Waals surface area contributed by atoms with Gasteiger partial charge in [-0.15, -0.1) is 0 Å². The summed E-state index contributed by atoms with van der Waals surface area (Å²) in [7, 11) is 3.24. The summed E-state index contributed by atoms with van der Waals surface area (Å²) < 4.78 is 11.2. The van der Waals surface area contributed by atoms with E-state index in [-0.39, 0.29) is 13.2 Å². The number of nitrogens with one attached hydrogen (secondary N) is 1. The normalized spacial score (nSPS) is 11.3. The van der Waals surface area contributed by atoms with Crippen LogP contribution in [-0.4, -0.2) is 43.7 Å². The zero-order valence-electron chi connectivity index (χ0n) is 18.8. The molecule has 0 aliphatic heterocycles. The molecule has 0 atom stereocenters. The van der Waals surface area contributed by atoms with E-state index in [4.69, 9.17) is 9.47 Å². The van der Waals surface area contributed by atoms with Gasteiger partial charge in [0.15, 0.2) is 0 Å². The molecule has 5 nitrogen and oxygen atoms in total. The quantitative estimate of drug-likeness (QED) is 0.416. The first kappa shape index (κ1) is 23.5. The van der Waals surface area contributed by atoms with Crippen molar-refractivity contribution >= 4 is 12.2 Å². The van der Waals surface area contributed by atoms with Gasteiger partial charge in [-0.3, -0.25) is 0 Å². The standard InChI is InChI=1S/C27H31NO4/c1-19-21(10-7-11-24(19)22-8-5-4-6-9-22)13-12-20-14-26(31-2)25(27(15-20)32-3)16-28-23(17-29)18-30/h4-15,23,28-30H,16-18H2,1-3H3. The van der Waals surface area contributed by atoms with Crippen LogP contribution in [0.3, 0.4) is 0 Å². The van der Waals surface area contributed by atoms with Crippen molar-refractivity contribution in [3.8, 4) is 22.6 Å². The molecule has 0 aromatic heterocycles. The molecular formula is C27H31NO4. The van der Waals surface area contributed by atoms with Crippen LogP contribution in [0.1, 0.15) is 22.3 Å². The minimum atomic E-state index is -0.399. The minimum Gasteiger partial charge on any atom is -0.496 e. The molecule has 0 saturated heterocycles. The molecule has 168 valence electrons. The third kappa shape index (κ3) is 5.56. The molecule has 0 fully saturated rings. The van der Waals surface area contributed by atoms with Crippen molar-refractivity contribution in [3.63, 3.8) is 0 Å². The van der Waals surface area contributed by atoms with Gasteiger partial charge in [0.25, 0.3) is 0 Å². The Kier molecular flexibility index (Phi) is 8.45. The van der Waals surface area contributed by atoms with Crippen molar-refractivity contribution in [1.82, 2.24) is 5.32 Å². The first-order valence-corrected chi connectivity index (χ1v) is 10.6. The van der Waals surface area contributed by atoms with Gasteiger partial charge >= 0.3 is 0 Å². The lowest BCUT2D eigenvalue weighted by Gasteiger charge is -2.18. The fourth-order valence-corrected chi connectivity index (χ4v) is 3.66. The molecule has 32 heavy (non-hydrogen) atoms. The van der Waals surface area contributed by atoms with Crippen LogP contribution in [0.15, 0.2) is 60.7 Å². The third-order valence-electron chi connectivity index (χ3n) is 5.55. The highest BCUT2D eigenvalue weighted by Gasteiger charge is 2.14. The number of methoxy groups -OCH3 is 2. The second kappa shape index (κ2) is 11.5. The smallest absolute Gasteiger partial charge is 0.127 e. The Morgan fingerprint density at radius 1 is 0.875 bits per heavy atom. The average molecular weight is 434 g/mol. The predicted molar refractivity (Wildman–Crippen MR) is 130 cm³/mol. The number of benzene rings is 3. The second-order valence-electron chi connectivity index (χ2n) is 7.57. The van der Waals surface area contributed by atoms with Crippen molar-refractivity contribution in [2.24, 2.45) is 0 Å². The number of hydrogen-bond acceptors (Lipinski definition) is 5. The zero-order valence-corrected chi connectivity index (χ0v) is 18.8. The molecule has 0 radical (unpaired) electrons. The van der Waals surface area contributed by atoms with E-state index in [1.807, 2.05) is 24.3 Å².